The van der Waals surface area contributed by atoms with E-state index in [1.54, 1.807) is 53.6 Å². The van der Waals surface area contributed by atoms with E-state index in [4.69, 9.17) is 28.0 Å². The minimum Gasteiger partial charge on any atom is -0.335 e. The van der Waals surface area contributed by atoms with Crippen LogP contribution in [0.25, 0.3) is 0 Å². The molecule has 1 aromatic heterocycles. The van der Waals surface area contributed by atoms with Crippen LogP contribution < -0.4 is 0 Å². The van der Waals surface area contributed by atoms with Crippen LogP contribution in [-0.4, -0.2) is 14.6 Å². The van der Waals surface area contributed by atoms with Gasteiger partial charge in [-0.15, -0.1) is 10.1 Å². The number of halogens is 3. The Balaban J connectivity index is 2.13. The zero-order valence-electron chi connectivity index (χ0n) is 13.9. The summed E-state index contributed by atoms with van der Waals surface area (Å²) in [6.45, 7) is 0.177. The molecule has 1 atom stereocenters. The third-order valence-corrected chi connectivity index (χ3v) is 5.21. The zero-order chi connectivity index (χ0) is 19.4. The number of benzene rings is 2. The van der Waals surface area contributed by atoms with Crippen molar-refractivity contribution in [3.63, 3.8) is 0 Å². The second kappa shape index (κ2) is 8.29. The van der Waals surface area contributed by atoms with Gasteiger partial charge < -0.3 is 9.40 Å². The van der Waals surface area contributed by atoms with Crippen molar-refractivity contribution in [2.45, 2.75) is 18.6 Å². The van der Waals surface area contributed by atoms with E-state index in [-0.39, 0.29) is 13.0 Å². The molecule has 0 saturated carbocycles. The SMILES string of the molecule is O=[N+]([O-])OC(Cc1ccc(Cl)cc1)(Cn1ccnc1)c1ccc(Cl)cc1Br. The van der Waals surface area contributed by atoms with E-state index in [0.717, 1.165) is 5.56 Å². The largest absolute Gasteiger partial charge is 0.335 e. The molecule has 0 aliphatic rings. The lowest BCUT2D eigenvalue weighted by atomic mass is 9.86. The van der Waals surface area contributed by atoms with Gasteiger partial charge in [-0.1, -0.05) is 57.3 Å². The molecule has 0 bridgehead atoms. The van der Waals surface area contributed by atoms with E-state index in [0.29, 0.717) is 20.1 Å². The molecule has 0 amide bonds. The van der Waals surface area contributed by atoms with Crippen LogP contribution in [0.15, 0.2) is 65.7 Å². The Labute approximate surface area is 173 Å². The van der Waals surface area contributed by atoms with E-state index in [1.165, 1.54) is 0 Å². The van der Waals surface area contributed by atoms with Crippen LogP contribution >= 0.6 is 39.1 Å². The van der Waals surface area contributed by atoms with Crippen LogP contribution in [0.3, 0.4) is 0 Å². The van der Waals surface area contributed by atoms with Crippen molar-refractivity contribution in [2.24, 2.45) is 0 Å². The number of hydrogen-bond donors (Lipinski definition) is 0. The van der Waals surface area contributed by atoms with Gasteiger partial charge in [-0.3, -0.25) is 0 Å². The van der Waals surface area contributed by atoms with Crippen molar-refractivity contribution >= 4 is 39.1 Å². The Morgan fingerprint density at radius 2 is 1.89 bits per heavy atom. The zero-order valence-corrected chi connectivity index (χ0v) is 17.0. The highest BCUT2D eigenvalue weighted by Crippen LogP contribution is 2.38. The van der Waals surface area contributed by atoms with E-state index in [2.05, 4.69) is 20.9 Å². The monoisotopic (exact) mass is 469 g/mol. The molecule has 0 N–H and O–H groups in total. The highest BCUT2D eigenvalue weighted by molar-refractivity contribution is 9.10. The number of rotatable bonds is 7. The molecule has 0 aliphatic heterocycles. The third-order valence-electron chi connectivity index (χ3n) is 4.07. The van der Waals surface area contributed by atoms with Gasteiger partial charge in [0.2, 0.25) is 0 Å². The fourth-order valence-corrected chi connectivity index (χ4v) is 4.13. The van der Waals surface area contributed by atoms with Gasteiger partial charge in [0.15, 0.2) is 5.60 Å². The standard InChI is InChI=1S/C18H14BrCl2N3O3/c19-17-9-15(21)5-6-16(17)18(27-24(25)26,11-23-8-7-22-12-23)10-13-1-3-14(20)4-2-13/h1-9,12H,10-11H2. The fraction of sp³-hybridized carbons (Fsp3) is 0.167. The molecule has 2 aromatic carbocycles. The third kappa shape index (κ3) is 4.80. The molecule has 0 saturated heterocycles. The predicted molar refractivity (Wildman–Crippen MR) is 106 cm³/mol. The molecule has 0 fully saturated rings. The molecule has 3 rings (SSSR count). The Bertz CT molecular complexity index is 936. The summed E-state index contributed by atoms with van der Waals surface area (Å²) in [4.78, 5) is 20.8. The summed E-state index contributed by atoms with van der Waals surface area (Å²) >= 11 is 15.5. The summed E-state index contributed by atoms with van der Waals surface area (Å²) in [5.74, 6) is 0. The molecule has 9 heteroatoms. The van der Waals surface area contributed by atoms with E-state index < -0.39 is 10.7 Å². The first-order valence-corrected chi connectivity index (χ1v) is 9.42. The molecule has 0 aliphatic carbocycles. The molecule has 0 radical (unpaired) electrons. The van der Waals surface area contributed by atoms with Gasteiger partial charge in [-0.25, -0.2) is 4.98 Å². The second-order valence-electron chi connectivity index (χ2n) is 5.97. The highest BCUT2D eigenvalue weighted by atomic mass is 79.9. The summed E-state index contributed by atoms with van der Waals surface area (Å²) in [6.07, 6.45) is 5.16. The van der Waals surface area contributed by atoms with Crippen LogP contribution in [0.4, 0.5) is 0 Å². The summed E-state index contributed by atoms with van der Waals surface area (Å²) in [7, 11) is 0. The summed E-state index contributed by atoms with van der Waals surface area (Å²) in [5.41, 5.74) is 0.136. The van der Waals surface area contributed by atoms with Crippen molar-refractivity contribution < 1.29 is 9.92 Å². The highest BCUT2D eigenvalue weighted by Gasteiger charge is 2.39. The van der Waals surface area contributed by atoms with Crippen LogP contribution in [0.2, 0.25) is 10.0 Å². The first-order valence-electron chi connectivity index (χ1n) is 7.87. The van der Waals surface area contributed by atoms with E-state index >= 15 is 0 Å². The topological polar surface area (TPSA) is 70.2 Å². The van der Waals surface area contributed by atoms with Crippen molar-refractivity contribution in [3.8, 4) is 0 Å². The van der Waals surface area contributed by atoms with Crippen LogP contribution in [-0.2, 0) is 23.4 Å². The summed E-state index contributed by atoms with van der Waals surface area (Å²) in [6, 6.07) is 12.2. The van der Waals surface area contributed by atoms with Crippen molar-refractivity contribution in [1.29, 1.82) is 0 Å². The summed E-state index contributed by atoms with van der Waals surface area (Å²) in [5, 5.41) is 11.8. The predicted octanol–water partition coefficient (Wildman–Crippen LogP) is 5.30. The molecule has 0 spiro atoms. The van der Waals surface area contributed by atoms with Gasteiger partial charge in [0.1, 0.15) is 0 Å². The average molecular weight is 471 g/mol. The quantitative estimate of drug-likeness (QED) is 0.347. The molecular weight excluding hydrogens is 457 g/mol. The normalized spacial score (nSPS) is 13.1. The average Bonchev–Trinajstić information content (AvgIpc) is 3.09. The Morgan fingerprint density at radius 3 is 2.48 bits per heavy atom. The van der Waals surface area contributed by atoms with Crippen LogP contribution in [0, 0.1) is 10.1 Å². The van der Waals surface area contributed by atoms with Gasteiger partial charge in [-0.05, 0) is 29.8 Å². The Hall–Kier alpha value is -2.09. The van der Waals surface area contributed by atoms with E-state index in [1.807, 2.05) is 12.1 Å². The summed E-state index contributed by atoms with van der Waals surface area (Å²) < 4.78 is 2.35. The molecule has 3 aromatic rings. The van der Waals surface area contributed by atoms with Gasteiger partial charge >= 0.3 is 0 Å². The van der Waals surface area contributed by atoms with Crippen LogP contribution in [0.1, 0.15) is 11.1 Å². The molecule has 6 nitrogen and oxygen atoms in total. The van der Waals surface area contributed by atoms with E-state index in [9.17, 15) is 10.1 Å². The number of imidazole rings is 1. The Kier molecular flexibility index (Phi) is 6.04. The fourth-order valence-electron chi connectivity index (χ4n) is 2.96. The van der Waals surface area contributed by atoms with Crippen molar-refractivity contribution in [3.05, 3.63) is 96.9 Å². The maximum atomic E-state index is 11.4. The number of hydrogen-bond acceptors (Lipinski definition) is 4. The molecule has 140 valence electrons. The number of aromatic nitrogens is 2. The first kappa shape index (κ1) is 19.7. The number of nitrogens with zero attached hydrogens (tertiary/aromatic N) is 3. The minimum atomic E-state index is -1.30. The van der Waals surface area contributed by atoms with Gasteiger partial charge in [0.05, 0.1) is 12.9 Å². The molecule has 1 heterocycles. The lowest BCUT2D eigenvalue weighted by Crippen LogP contribution is -2.39. The van der Waals surface area contributed by atoms with Gasteiger partial charge in [0.25, 0.3) is 5.09 Å². The van der Waals surface area contributed by atoms with Crippen molar-refractivity contribution in [1.82, 2.24) is 9.55 Å². The van der Waals surface area contributed by atoms with Gasteiger partial charge in [-0.2, -0.15) is 0 Å². The lowest BCUT2D eigenvalue weighted by molar-refractivity contribution is -0.785. The smallest absolute Gasteiger partial charge is 0.295 e. The minimum absolute atomic E-state index is 0.177. The maximum Gasteiger partial charge on any atom is 0.295 e. The van der Waals surface area contributed by atoms with Gasteiger partial charge in [0, 0.05) is 38.9 Å². The van der Waals surface area contributed by atoms with Crippen molar-refractivity contribution in [2.75, 3.05) is 0 Å². The maximum absolute atomic E-state index is 11.4. The lowest BCUT2D eigenvalue weighted by Gasteiger charge is -2.33. The first-order chi connectivity index (χ1) is 12.9. The molecule has 1 unspecified atom stereocenters. The Morgan fingerprint density at radius 1 is 1.19 bits per heavy atom. The second-order valence-corrected chi connectivity index (χ2v) is 7.70. The molecule has 27 heavy (non-hydrogen) atoms. The van der Waals surface area contributed by atoms with Crippen LogP contribution in [0.5, 0.6) is 0 Å². The molecular formula is C18H14BrCl2N3O3.